The first-order chi connectivity index (χ1) is 9.74. The number of nitrogens with zero attached hydrogens (tertiary/aromatic N) is 3. The molecule has 20 heavy (non-hydrogen) atoms. The first kappa shape index (κ1) is 12.6. The van der Waals surface area contributed by atoms with Crippen molar-refractivity contribution in [2.45, 2.75) is 6.42 Å². The van der Waals surface area contributed by atoms with Crippen molar-refractivity contribution in [3.63, 3.8) is 0 Å². The summed E-state index contributed by atoms with van der Waals surface area (Å²) in [6.07, 6.45) is 0.664. The van der Waals surface area contributed by atoms with Gasteiger partial charge >= 0.3 is 5.97 Å². The van der Waals surface area contributed by atoms with Gasteiger partial charge in [-0.25, -0.2) is 0 Å². The summed E-state index contributed by atoms with van der Waals surface area (Å²) < 4.78 is 0. The minimum absolute atomic E-state index is 0.300. The normalized spacial score (nSPS) is 18.2. The molecule has 1 unspecified atom stereocenters. The van der Waals surface area contributed by atoms with Crippen LogP contribution in [0.3, 0.4) is 0 Å². The fourth-order valence-corrected chi connectivity index (χ4v) is 2.43. The van der Waals surface area contributed by atoms with E-state index in [9.17, 15) is 4.79 Å². The van der Waals surface area contributed by atoms with E-state index in [1.165, 1.54) is 0 Å². The molecule has 1 aromatic carbocycles. The Balaban J connectivity index is 1.76. The van der Waals surface area contributed by atoms with Crippen LogP contribution in [0.15, 0.2) is 42.5 Å². The zero-order valence-corrected chi connectivity index (χ0v) is 10.9. The zero-order valence-electron chi connectivity index (χ0n) is 10.9. The SMILES string of the molecule is O=C(O)C1CCN(c2ccc(-c3ccccc3)nn2)C1. The number of carboxylic acid groups (broad SMARTS) is 1. The van der Waals surface area contributed by atoms with Crippen molar-refractivity contribution in [2.75, 3.05) is 18.0 Å². The first-order valence-corrected chi connectivity index (χ1v) is 6.61. The van der Waals surface area contributed by atoms with Crippen LogP contribution in [-0.4, -0.2) is 34.4 Å². The molecule has 1 aliphatic heterocycles. The topological polar surface area (TPSA) is 66.3 Å². The van der Waals surface area contributed by atoms with Crippen molar-refractivity contribution in [2.24, 2.45) is 5.92 Å². The van der Waals surface area contributed by atoms with Gasteiger partial charge in [0.05, 0.1) is 11.6 Å². The molecule has 1 atom stereocenters. The highest BCUT2D eigenvalue weighted by Gasteiger charge is 2.28. The molecule has 0 aliphatic carbocycles. The highest BCUT2D eigenvalue weighted by atomic mass is 16.4. The predicted octanol–water partition coefficient (Wildman–Crippen LogP) is 2.05. The molecule has 5 nitrogen and oxygen atoms in total. The summed E-state index contributed by atoms with van der Waals surface area (Å²) in [5.74, 6) is -0.291. The number of hydrogen-bond donors (Lipinski definition) is 1. The van der Waals surface area contributed by atoms with Crippen LogP contribution in [0.1, 0.15) is 6.42 Å². The monoisotopic (exact) mass is 269 g/mol. The van der Waals surface area contributed by atoms with Crippen LogP contribution in [0.25, 0.3) is 11.3 Å². The van der Waals surface area contributed by atoms with E-state index in [4.69, 9.17) is 5.11 Å². The lowest BCUT2D eigenvalue weighted by Crippen LogP contribution is -2.23. The number of aliphatic carboxylic acids is 1. The summed E-state index contributed by atoms with van der Waals surface area (Å²) >= 11 is 0. The van der Waals surface area contributed by atoms with Crippen molar-refractivity contribution in [1.82, 2.24) is 10.2 Å². The lowest BCUT2D eigenvalue weighted by atomic mass is 10.1. The molecule has 1 saturated heterocycles. The predicted molar refractivity (Wildman–Crippen MR) is 75.4 cm³/mol. The van der Waals surface area contributed by atoms with Crippen molar-refractivity contribution in [3.05, 3.63) is 42.5 Å². The number of carbonyl (C=O) groups is 1. The highest BCUT2D eigenvalue weighted by molar-refractivity contribution is 5.72. The molecule has 5 heteroatoms. The van der Waals surface area contributed by atoms with E-state index in [2.05, 4.69) is 10.2 Å². The standard InChI is InChI=1S/C15H15N3O2/c19-15(20)12-8-9-18(10-12)14-7-6-13(16-17-14)11-4-2-1-3-5-11/h1-7,12H,8-10H2,(H,19,20). The van der Waals surface area contributed by atoms with Crippen LogP contribution in [0.4, 0.5) is 5.82 Å². The summed E-state index contributed by atoms with van der Waals surface area (Å²) in [4.78, 5) is 12.9. The number of rotatable bonds is 3. The van der Waals surface area contributed by atoms with Gasteiger partial charge < -0.3 is 10.0 Å². The van der Waals surface area contributed by atoms with Gasteiger partial charge in [0.25, 0.3) is 0 Å². The zero-order chi connectivity index (χ0) is 13.9. The molecular formula is C15H15N3O2. The number of hydrogen-bond acceptors (Lipinski definition) is 4. The van der Waals surface area contributed by atoms with E-state index in [1.54, 1.807) is 0 Å². The molecule has 3 rings (SSSR count). The number of carboxylic acids is 1. The largest absolute Gasteiger partial charge is 0.481 e. The summed E-state index contributed by atoms with van der Waals surface area (Å²) in [7, 11) is 0. The van der Waals surface area contributed by atoms with Gasteiger partial charge in [0.15, 0.2) is 5.82 Å². The second-order valence-electron chi connectivity index (χ2n) is 4.91. The van der Waals surface area contributed by atoms with Gasteiger partial charge in [0.2, 0.25) is 0 Å². The Bertz CT molecular complexity index is 598. The van der Waals surface area contributed by atoms with Crippen LogP contribution in [0.2, 0.25) is 0 Å². The van der Waals surface area contributed by atoms with Gasteiger partial charge in [-0.2, -0.15) is 0 Å². The van der Waals surface area contributed by atoms with E-state index in [0.717, 1.165) is 23.6 Å². The van der Waals surface area contributed by atoms with Gasteiger partial charge in [-0.1, -0.05) is 30.3 Å². The van der Waals surface area contributed by atoms with Gasteiger partial charge in [0.1, 0.15) is 0 Å². The molecule has 2 heterocycles. The van der Waals surface area contributed by atoms with E-state index in [1.807, 2.05) is 47.4 Å². The molecule has 0 bridgehead atoms. The lowest BCUT2D eigenvalue weighted by molar-refractivity contribution is -0.140. The Kier molecular flexibility index (Phi) is 3.33. The third-order valence-electron chi connectivity index (χ3n) is 3.58. The van der Waals surface area contributed by atoms with E-state index >= 15 is 0 Å². The summed E-state index contributed by atoms with van der Waals surface area (Å²) in [5.41, 5.74) is 1.85. The highest BCUT2D eigenvalue weighted by Crippen LogP contribution is 2.23. The van der Waals surface area contributed by atoms with Crippen molar-refractivity contribution in [1.29, 1.82) is 0 Å². The molecule has 1 aliphatic rings. The Morgan fingerprint density at radius 1 is 1.15 bits per heavy atom. The molecule has 102 valence electrons. The van der Waals surface area contributed by atoms with Gasteiger partial charge in [-0.15, -0.1) is 10.2 Å². The average Bonchev–Trinajstić information content (AvgIpc) is 2.98. The van der Waals surface area contributed by atoms with E-state index in [0.29, 0.717) is 13.0 Å². The van der Waals surface area contributed by atoms with E-state index in [-0.39, 0.29) is 5.92 Å². The van der Waals surface area contributed by atoms with Crippen LogP contribution < -0.4 is 4.90 Å². The number of benzene rings is 1. The third kappa shape index (κ3) is 2.47. The maximum Gasteiger partial charge on any atom is 0.308 e. The fourth-order valence-electron chi connectivity index (χ4n) is 2.43. The smallest absolute Gasteiger partial charge is 0.308 e. The van der Waals surface area contributed by atoms with Crippen LogP contribution in [-0.2, 0) is 4.79 Å². The van der Waals surface area contributed by atoms with Crippen LogP contribution >= 0.6 is 0 Å². The molecule has 0 spiro atoms. The fraction of sp³-hybridized carbons (Fsp3) is 0.267. The second kappa shape index (κ2) is 5.28. The summed E-state index contributed by atoms with van der Waals surface area (Å²) in [6.45, 7) is 1.23. The Hall–Kier alpha value is -2.43. The Labute approximate surface area is 116 Å². The Morgan fingerprint density at radius 3 is 2.55 bits per heavy atom. The molecule has 0 saturated carbocycles. The van der Waals surface area contributed by atoms with Gasteiger partial charge in [-0.3, -0.25) is 4.79 Å². The Morgan fingerprint density at radius 2 is 1.95 bits per heavy atom. The summed E-state index contributed by atoms with van der Waals surface area (Å²) in [6, 6.07) is 13.7. The summed E-state index contributed by atoms with van der Waals surface area (Å²) in [5, 5.41) is 17.4. The maximum absolute atomic E-state index is 11.0. The van der Waals surface area contributed by atoms with Crippen molar-refractivity contribution in [3.8, 4) is 11.3 Å². The quantitative estimate of drug-likeness (QED) is 0.923. The lowest BCUT2D eigenvalue weighted by Gasteiger charge is -2.16. The van der Waals surface area contributed by atoms with Gasteiger partial charge in [0, 0.05) is 18.7 Å². The third-order valence-corrected chi connectivity index (χ3v) is 3.58. The second-order valence-corrected chi connectivity index (χ2v) is 4.91. The molecule has 1 fully saturated rings. The maximum atomic E-state index is 11.0. The molecule has 1 N–H and O–H groups in total. The minimum atomic E-state index is -0.735. The van der Waals surface area contributed by atoms with Crippen molar-refractivity contribution < 1.29 is 9.90 Å². The first-order valence-electron chi connectivity index (χ1n) is 6.61. The molecule has 0 amide bonds. The molecular weight excluding hydrogens is 254 g/mol. The van der Waals surface area contributed by atoms with Crippen LogP contribution in [0, 0.1) is 5.92 Å². The van der Waals surface area contributed by atoms with E-state index < -0.39 is 5.97 Å². The van der Waals surface area contributed by atoms with Gasteiger partial charge in [-0.05, 0) is 18.6 Å². The molecule has 0 radical (unpaired) electrons. The minimum Gasteiger partial charge on any atom is -0.481 e. The average molecular weight is 269 g/mol. The molecule has 2 aromatic rings. The number of aromatic nitrogens is 2. The number of anilines is 1. The van der Waals surface area contributed by atoms with Crippen molar-refractivity contribution >= 4 is 11.8 Å². The molecule has 1 aromatic heterocycles. The van der Waals surface area contributed by atoms with Crippen LogP contribution in [0.5, 0.6) is 0 Å².